The molecule has 22 heavy (non-hydrogen) atoms. The summed E-state index contributed by atoms with van der Waals surface area (Å²) < 4.78 is 8.19. The fourth-order valence-electron chi connectivity index (χ4n) is 2.82. The number of hydrogen-bond donors (Lipinski definition) is 0. The quantitative estimate of drug-likeness (QED) is 0.767. The Morgan fingerprint density at radius 3 is 2.73 bits per heavy atom. The number of allylic oxidation sites excluding steroid dienone is 4. The van der Waals surface area contributed by atoms with Gasteiger partial charge >= 0.3 is 0 Å². The standard InChI is InChI=1S/C19H22N2O/c1-3-10-16(4-2)21-18(15-11-6-5-7-12-15)20-17-13-8-9-14-22-19(17)21/h3-7,10-12H,8-9,13-14H2,1-2H3/b10-3-,16-4+. The van der Waals surface area contributed by atoms with E-state index in [2.05, 4.69) is 28.9 Å². The van der Waals surface area contributed by atoms with Crippen LogP contribution in [0.1, 0.15) is 32.4 Å². The number of aromatic nitrogens is 2. The Morgan fingerprint density at radius 2 is 2.00 bits per heavy atom. The summed E-state index contributed by atoms with van der Waals surface area (Å²) in [4.78, 5) is 4.90. The average molecular weight is 294 g/mol. The van der Waals surface area contributed by atoms with Crippen molar-refractivity contribution in [2.45, 2.75) is 33.1 Å². The lowest BCUT2D eigenvalue weighted by Gasteiger charge is -2.13. The van der Waals surface area contributed by atoms with Crippen LogP contribution in [0, 0.1) is 0 Å². The maximum atomic E-state index is 6.04. The second-order valence-electron chi connectivity index (χ2n) is 5.41. The molecule has 0 unspecified atom stereocenters. The average Bonchev–Trinajstić information content (AvgIpc) is 2.76. The molecule has 0 bridgehead atoms. The topological polar surface area (TPSA) is 27.1 Å². The van der Waals surface area contributed by atoms with Crippen molar-refractivity contribution in [3.8, 4) is 17.3 Å². The van der Waals surface area contributed by atoms with E-state index >= 15 is 0 Å². The number of rotatable bonds is 3. The first-order valence-corrected chi connectivity index (χ1v) is 7.94. The SMILES string of the molecule is C/C=C\C(=C/C)n1c(-c2ccccc2)nc2c1OCCCC2. The minimum absolute atomic E-state index is 0.764. The van der Waals surface area contributed by atoms with E-state index in [9.17, 15) is 0 Å². The number of ether oxygens (including phenoxy) is 1. The van der Waals surface area contributed by atoms with E-state index in [1.807, 2.05) is 38.1 Å². The Labute approximate surface area is 132 Å². The summed E-state index contributed by atoms with van der Waals surface area (Å²) in [6.07, 6.45) is 9.45. The van der Waals surface area contributed by atoms with Crippen molar-refractivity contribution in [1.29, 1.82) is 0 Å². The van der Waals surface area contributed by atoms with Crippen LogP contribution in [-0.4, -0.2) is 16.2 Å². The van der Waals surface area contributed by atoms with E-state index in [1.54, 1.807) is 0 Å². The van der Waals surface area contributed by atoms with E-state index in [0.717, 1.165) is 54.5 Å². The molecule has 3 rings (SSSR count). The zero-order valence-corrected chi connectivity index (χ0v) is 13.2. The second kappa shape index (κ2) is 6.65. The van der Waals surface area contributed by atoms with Crippen LogP contribution in [0.2, 0.25) is 0 Å². The molecule has 1 aromatic carbocycles. The number of fused-ring (bicyclic) bond motifs is 1. The minimum atomic E-state index is 0.764. The third kappa shape index (κ3) is 2.71. The molecule has 0 N–H and O–H groups in total. The van der Waals surface area contributed by atoms with E-state index in [-0.39, 0.29) is 0 Å². The highest BCUT2D eigenvalue weighted by Gasteiger charge is 2.22. The van der Waals surface area contributed by atoms with Gasteiger partial charge in [0.2, 0.25) is 5.88 Å². The zero-order chi connectivity index (χ0) is 15.4. The van der Waals surface area contributed by atoms with Crippen molar-refractivity contribution in [1.82, 2.24) is 9.55 Å². The van der Waals surface area contributed by atoms with Crippen molar-refractivity contribution in [3.05, 3.63) is 54.3 Å². The van der Waals surface area contributed by atoms with Crippen molar-refractivity contribution in [2.24, 2.45) is 0 Å². The predicted molar refractivity (Wildman–Crippen MR) is 90.9 cm³/mol. The van der Waals surface area contributed by atoms with Crippen LogP contribution in [0.25, 0.3) is 17.1 Å². The van der Waals surface area contributed by atoms with Gasteiger partial charge in [-0.15, -0.1) is 0 Å². The van der Waals surface area contributed by atoms with Crippen LogP contribution < -0.4 is 4.74 Å². The van der Waals surface area contributed by atoms with Gasteiger partial charge in [0, 0.05) is 11.3 Å². The van der Waals surface area contributed by atoms with Crippen molar-refractivity contribution >= 4 is 5.70 Å². The smallest absolute Gasteiger partial charge is 0.222 e. The van der Waals surface area contributed by atoms with E-state index < -0.39 is 0 Å². The van der Waals surface area contributed by atoms with Crippen LogP contribution in [0.5, 0.6) is 5.88 Å². The van der Waals surface area contributed by atoms with Gasteiger partial charge in [0.25, 0.3) is 0 Å². The highest BCUT2D eigenvalue weighted by molar-refractivity contribution is 5.69. The molecule has 1 aliphatic rings. The van der Waals surface area contributed by atoms with Crippen molar-refractivity contribution in [3.63, 3.8) is 0 Å². The molecule has 1 aliphatic heterocycles. The Balaban J connectivity index is 2.21. The van der Waals surface area contributed by atoms with Gasteiger partial charge in [-0.2, -0.15) is 0 Å². The Bertz CT molecular complexity index is 696. The summed E-state index contributed by atoms with van der Waals surface area (Å²) in [5.74, 6) is 1.86. The van der Waals surface area contributed by atoms with Gasteiger partial charge in [-0.1, -0.05) is 42.5 Å². The van der Waals surface area contributed by atoms with Gasteiger partial charge < -0.3 is 4.74 Å². The lowest BCUT2D eigenvalue weighted by Crippen LogP contribution is -2.04. The molecule has 3 heteroatoms. The Hall–Kier alpha value is -2.29. The first kappa shape index (κ1) is 14.6. The summed E-state index contributed by atoms with van der Waals surface area (Å²) in [5, 5.41) is 0. The molecule has 0 fully saturated rings. The minimum Gasteiger partial charge on any atom is -0.477 e. The van der Waals surface area contributed by atoms with E-state index in [0.29, 0.717) is 0 Å². The monoisotopic (exact) mass is 294 g/mol. The van der Waals surface area contributed by atoms with Gasteiger partial charge in [-0.05, 0) is 39.2 Å². The summed E-state index contributed by atoms with van der Waals surface area (Å²) in [6, 6.07) is 10.3. The van der Waals surface area contributed by atoms with Crippen LogP contribution in [0.4, 0.5) is 0 Å². The molecular weight excluding hydrogens is 272 g/mol. The second-order valence-corrected chi connectivity index (χ2v) is 5.41. The molecule has 3 nitrogen and oxygen atoms in total. The molecule has 0 atom stereocenters. The van der Waals surface area contributed by atoms with Gasteiger partial charge in [0.1, 0.15) is 11.5 Å². The number of hydrogen-bond acceptors (Lipinski definition) is 2. The molecular formula is C19H22N2O. The Kier molecular flexibility index (Phi) is 4.42. The number of benzene rings is 1. The largest absolute Gasteiger partial charge is 0.477 e. The van der Waals surface area contributed by atoms with Crippen molar-refractivity contribution < 1.29 is 4.74 Å². The fraction of sp³-hybridized carbons (Fsp3) is 0.316. The van der Waals surface area contributed by atoms with Gasteiger partial charge in [-0.25, -0.2) is 4.98 Å². The molecule has 0 amide bonds. The number of aryl methyl sites for hydroxylation is 1. The molecule has 2 aromatic rings. The highest BCUT2D eigenvalue weighted by atomic mass is 16.5. The van der Waals surface area contributed by atoms with Crippen LogP contribution in [0.3, 0.4) is 0 Å². The Morgan fingerprint density at radius 1 is 1.18 bits per heavy atom. The van der Waals surface area contributed by atoms with Gasteiger partial charge in [0.15, 0.2) is 0 Å². The number of nitrogens with zero attached hydrogens (tertiary/aromatic N) is 2. The first-order valence-electron chi connectivity index (χ1n) is 7.94. The molecule has 114 valence electrons. The summed E-state index contributed by atoms with van der Waals surface area (Å²) in [7, 11) is 0. The summed E-state index contributed by atoms with van der Waals surface area (Å²) in [5.41, 5.74) is 3.28. The third-order valence-corrected chi connectivity index (χ3v) is 3.87. The molecule has 2 heterocycles. The summed E-state index contributed by atoms with van der Waals surface area (Å²) in [6.45, 7) is 4.84. The maximum absolute atomic E-state index is 6.04. The highest BCUT2D eigenvalue weighted by Crippen LogP contribution is 2.34. The van der Waals surface area contributed by atoms with Crippen molar-refractivity contribution in [2.75, 3.05) is 6.61 Å². The van der Waals surface area contributed by atoms with Crippen LogP contribution in [0.15, 0.2) is 48.6 Å². The molecule has 0 spiro atoms. The van der Waals surface area contributed by atoms with Gasteiger partial charge in [0.05, 0.1) is 6.61 Å². The predicted octanol–water partition coefficient (Wildman–Crippen LogP) is 4.70. The molecule has 0 saturated carbocycles. The normalized spacial score (nSPS) is 15.5. The molecule has 0 saturated heterocycles. The maximum Gasteiger partial charge on any atom is 0.222 e. The number of imidazole rings is 1. The lowest BCUT2D eigenvalue weighted by atomic mass is 10.2. The zero-order valence-electron chi connectivity index (χ0n) is 13.2. The van der Waals surface area contributed by atoms with Gasteiger partial charge in [-0.3, -0.25) is 4.57 Å². The molecule has 1 aromatic heterocycles. The van der Waals surface area contributed by atoms with Crippen LogP contribution >= 0.6 is 0 Å². The third-order valence-electron chi connectivity index (χ3n) is 3.87. The first-order chi connectivity index (χ1) is 10.8. The van der Waals surface area contributed by atoms with E-state index in [1.165, 1.54) is 0 Å². The fourth-order valence-corrected chi connectivity index (χ4v) is 2.82. The van der Waals surface area contributed by atoms with E-state index in [4.69, 9.17) is 9.72 Å². The molecule has 0 aliphatic carbocycles. The van der Waals surface area contributed by atoms with Crippen LogP contribution in [-0.2, 0) is 6.42 Å². The lowest BCUT2D eigenvalue weighted by molar-refractivity contribution is 0.301. The molecule has 0 radical (unpaired) electrons. The summed E-state index contributed by atoms with van der Waals surface area (Å²) >= 11 is 0.